The van der Waals surface area contributed by atoms with E-state index in [1.54, 1.807) is 0 Å². The Bertz CT molecular complexity index is 3240. The molecule has 0 N–H and O–H groups in total. The zero-order valence-corrected chi connectivity index (χ0v) is 33.2. The number of aromatic nitrogens is 3. The molecule has 0 amide bonds. The van der Waals surface area contributed by atoms with E-state index in [0.29, 0.717) is 17.5 Å². The van der Waals surface area contributed by atoms with Crippen LogP contribution in [-0.4, -0.2) is 15.0 Å². The summed E-state index contributed by atoms with van der Waals surface area (Å²) in [6, 6.07) is 80.6. The molecule has 0 unspecified atom stereocenters. The van der Waals surface area contributed by atoms with Gasteiger partial charge in [-0.25, -0.2) is 15.0 Å². The van der Waals surface area contributed by atoms with Crippen LogP contribution in [0.15, 0.2) is 224 Å². The van der Waals surface area contributed by atoms with Crippen LogP contribution in [0.25, 0.3) is 89.8 Å². The van der Waals surface area contributed by atoms with Crippen molar-refractivity contribution in [2.75, 3.05) is 0 Å². The van der Waals surface area contributed by atoms with Crippen molar-refractivity contribution in [1.82, 2.24) is 15.0 Å². The highest BCUT2D eigenvalue weighted by molar-refractivity contribution is 5.99. The molecular weight excluding hydrogens is 739 g/mol. The monoisotopic (exact) mass is 775 g/mol. The number of rotatable bonds is 6. The lowest BCUT2D eigenvalue weighted by molar-refractivity contribution is 0.794. The summed E-state index contributed by atoms with van der Waals surface area (Å²) in [7, 11) is 0. The first kappa shape index (κ1) is 35.0. The first-order chi connectivity index (χ1) is 30.2. The molecule has 12 rings (SSSR count). The standard InChI is InChI=1S/C58H37N3/c1-4-17-38(18-5-1)43-23-16-24-44(35-43)57-60-55(41-21-8-3-9-22-41)59-56(61-57)42-33-31-40(32-34-42)49-37-54-50(36-48(49)39-19-6-2-7-20-39)47-27-12-15-30-53(47)58(54)51-28-13-10-25-45(51)46-26-11-14-29-52(46)58/h1-37H. The van der Waals surface area contributed by atoms with Crippen molar-refractivity contribution in [1.29, 1.82) is 0 Å². The number of fused-ring (bicyclic) bond motifs is 10. The Balaban J connectivity index is 1.03. The van der Waals surface area contributed by atoms with Crippen molar-refractivity contribution < 1.29 is 0 Å². The molecule has 2 aliphatic carbocycles. The van der Waals surface area contributed by atoms with Crippen molar-refractivity contribution in [3.05, 3.63) is 247 Å². The summed E-state index contributed by atoms with van der Waals surface area (Å²) >= 11 is 0. The zero-order chi connectivity index (χ0) is 40.3. The molecule has 284 valence electrons. The van der Waals surface area contributed by atoms with Gasteiger partial charge in [0.15, 0.2) is 17.5 Å². The molecule has 1 spiro atoms. The third kappa shape index (κ3) is 5.55. The van der Waals surface area contributed by atoms with Crippen LogP contribution in [0.1, 0.15) is 22.3 Å². The molecule has 0 radical (unpaired) electrons. The maximum atomic E-state index is 5.14. The van der Waals surface area contributed by atoms with Gasteiger partial charge in [-0.05, 0) is 96.1 Å². The Kier molecular flexibility index (Phi) is 8.07. The zero-order valence-electron chi connectivity index (χ0n) is 33.2. The third-order valence-electron chi connectivity index (χ3n) is 12.6. The van der Waals surface area contributed by atoms with Gasteiger partial charge < -0.3 is 0 Å². The van der Waals surface area contributed by atoms with E-state index in [0.717, 1.165) is 33.4 Å². The molecule has 2 aliphatic rings. The van der Waals surface area contributed by atoms with Crippen molar-refractivity contribution in [3.8, 4) is 89.8 Å². The fraction of sp³-hybridized carbons (Fsp3) is 0.0172. The van der Waals surface area contributed by atoms with Crippen molar-refractivity contribution in [3.63, 3.8) is 0 Å². The molecule has 0 bridgehead atoms. The number of hydrogen-bond acceptors (Lipinski definition) is 3. The van der Waals surface area contributed by atoms with Crippen LogP contribution < -0.4 is 0 Å². The predicted octanol–water partition coefficient (Wildman–Crippen LogP) is 14.2. The molecule has 1 heterocycles. The Labute approximate surface area is 355 Å². The summed E-state index contributed by atoms with van der Waals surface area (Å²) in [5.41, 5.74) is 19.8. The molecule has 10 aromatic rings. The topological polar surface area (TPSA) is 38.7 Å². The van der Waals surface area contributed by atoms with E-state index in [1.807, 2.05) is 24.3 Å². The number of nitrogens with zero attached hydrogens (tertiary/aromatic N) is 3. The van der Waals surface area contributed by atoms with E-state index >= 15 is 0 Å². The molecular formula is C58H37N3. The minimum atomic E-state index is -0.435. The minimum Gasteiger partial charge on any atom is -0.208 e. The second-order valence-electron chi connectivity index (χ2n) is 15.9. The van der Waals surface area contributed by atoms with Gasteiger partial charge in [-0.2, -0.15) is 0 Å². The molecule has 3 nitrogen and oxygen atoms in total. The van der Waals surface area contributed by atoms with Gasteiger partial charge in [0.1, 0.15) is 0 Å². The Morgan fingerprint density at radius 3 is 1.16 bits per heavy atom. The van der Waals surface area contributed by atoms with Crippen LogP contribution in [-0.2, 0) is 5.41 Å². The summed E-state index contributed by atoms with van der Waals surface area (Å²) in [6.07, 6.45) is 0. The van der Waals surface area contributed by atoms with E-state index in [4.69, 9.17) is 15.0 Å². The summed E-state index contributed by atoms with van der Waals surface area (Å²) in [5.74, 6) is 1.91. The maximum Gasteiger partial charge on any atom is 0.164 e. The second kappa shape index (κ2) is 14.1. The molecule has 0 fully saturated rings. The van der Waals surface area contributed by atoms with E-state index in [9.17, 15) is 0 Å². The molecule has 1 aromatic heterocycles. The Morgan fingerprint density at radius 1 is 0.213 bits per heavy atom. The highest BCUT2D eigenvalue weighted by Crippen LogP contribution is 2.63. The number of benzene rings is 9. The normalized spacial score (nSPS) is 12.7. The first-order valence-electron chi connectivity index (χ1n) is 20.9. The van der Waals surface area contributed by atoms with E-state index < -0.39 is 5.41 Å². The van der Waals surface area contributed by atoms with Crippen LogP contribution in [0.5, 0.6) is 0 Å². The minimum absolute atomic E-state index is 0.435. The second-order valence-corrected chi connectivity index (χ2v) is 15.9. The first-order valence-corrected chi connectivity index (χ1v) is 20.9. The summed E-state index contributed by atoms with van der Waals surface area (Å²) < 4.78 is 0. The fourth-order valence-corrected chi connectivity index (χ4v) is 9.85. The number of hydrogen-bond donors (Lipinski definition) is 0. The van der Waals surface area contributed by atoms with Gasteiger partial charge in [-0.3, -0.25) is 0 Å². The Hall–Kier alpha value is -8.01. The van der Waals surface area contributed by atoms with Crippen molar-refractivity contribution in [2.45, 2.75) is 5.41 Å². The van der Waals surface area contributed by atoms with Gasteiger partial charge in [-0.1, -0.05) is 206 Å². The highest BCUT2D eigenvalue weighted by Gasteiger charge is 2.51. The lowest BCUT2D eigenvalue weighted by atomic mass is 9.70. The molecule has 0 atom stereocenters. The van der Waals surface area contributed by atoms with E-state index in [2.05, 4.69) is 200 Å². The van der Waals surface area contributed by atoms with E-state index in [1.165, 1.54) is 61.2 Å². The van der Waals surface area contributed by atoms with Crippen LogP contribution in [0.4, 0.5) is 0 Å². The van der Waals surface area contributed by atoms with Crippen LogP contribution >= 0.6 is 0 Å². The molecule has 9 aromatic carbocycles. The molecule has 0 saturated heterocycles. The summed E-state index contributed by atoms with van der Waals surface area (Å²) in [5, 5.41) is 0. The van der Waals surface area contributed by atoms with E-state index in [-0.39, 0.29) is 0 Å². The average Bonchev–Trinajstić information content (AvgIpc) is 3.81. The third-order valence-corrected chi connectivity index (χ3v) is 12.6. The van der Waals surface area contributed by atoms with Gasteiger partial charge in [0, 0.05) is 16.7 Å². The SMILES string of the molecule is c1ccc(-c2cccc(-c3nc(-c4ccccc4)nc(-c4ccc(-c5cc6c(cc5-c5ccccc5)-c5ccccc5C65c6ccccc6-c6ccccc65)cc4)n3)c2)cc1. The predicted molar refractivity (Wildman–Crippen MR) is 249 cm³/mol. The summed E-state index contributed by atoms with van der Waals surface area (Å²) in [6.45, 7) is 0. The lowest BCUT2D eigenvalue weighted by Crippen LogP contribution is -2.25. The molecule has 0 saturated carbocycles. The van der Waals surface area contributed by atoms with Crippen LogP contribution in [0, 0.1) is 0 Å². The molecule has 61 heavy (non-hydrogen) atoms. The maximum absolute atomic E-state index is 5.14. The van der Waals surface area contributed by atoms with Gasteiger partial charge in [0.25, 0.3) is 0 Å². The van der Waals surface area contributed by atoms with Gasteiger partial charge in [0.05, 0.1) is 5.41 Å². The lowest BCUT2D eigenvalue weighted by Gasteiger charge is -2.31. The van der Waals surface area contributed by atoms with Crippen molar-refractivity contribution >= 4 is 0 Å². The molecule has 0 aliphatic heterocycles. The van der Waals surface area contributed by atoms with Gasteiger partial charge >= 0.3 is 0 Å². The average molecular weight is 776 g/mol. The molecule has 3 heteroatoms. The highest BCUT2D eigenvalue weighted by atomic mass is 15.0. The van der Waals surface area contributed by atoms with Gasteiger partial charge in [-0.15, -0.1) is 0 Å². The Morgan fingerprint density at radius 2 is 0.590 bits per heavy atom. The fourth-order valence-electron chi connectivity index (χ4n) is 9.85. The van der Waals surface area contributed by atoms with Crippen LogP contribution in [0.2, 0.25) is 0 Å². The van der Waals surface area contributed by atoms with Crippen LogP contribution in [0.3, 0.4) is 0 Å². The largest absolute Gasteiger partial charge is 0.208 e. The van der Waals surface area contributed by atoms with Gasteiger partial charge in [0.2, 0.25) is 0 Å². The van der Waals surface area contributed by atoms with Crippen molar-refractivity contribution in [2.24, 2.45) is 0 Å². The summed E-state index contributed by atoms with van der Waals surface area (Å²) in [4.78, 5) is 15.3. The quantitative estimate of drug-likeness (QED) is 0.169. The smallest absolute Gasteiger partial charge is 0.164 e.